The van der Waals surface area contributed by atoms with Crippen LogP contribution in [-0.4, -0.2) is 23.5 Å². The molecular formula is C16H12N4O3S2. The highest BCUT2D eigenvalue weighted by Gasteiger charge is 2.19. The minimum absolute atomic E-state index is 0.286. The van der Waals surface area contributed by atoms with Gasteiger partial charge in [0.15, 0.2) is 10.7 Å². The number of fused-ring (bicyclic) bond motifs is 1. The molecule has 1 aromatic carbocycles. The number of hydrogen-bond donors (Lipinski definition) is 1. The molecule has 0 fully saturated rings. The molecule has 0 aliphatic rings. The number of aromatic nitrogens is 3. The average Bonchev–Trinajstić information content (AvgIpc) is 3.23. The molecule has 4 aromatic rings. The number of benzene rings is 1. The van der Waals surface area contributed by atoms with Crippen LogP contribution in [0.15, 0.2) is 58.6 Å². The van der Waals surface area contributed by atoms with Crippen molar-refractivity contribution < 1.29 is 12.9 Å². The molecule has 0 bridgehead atoms. The number of rotatable bonds is 5. The minimum atomic E-state index is -3.66. The van der Waals surface area contributed by atoms with Gasteiger partial charge in [0, 0.05) is 17.0 Å². The van der Waals surface area contributed by atoms with Gasteiger partial charge >= 0.3 is 0 Å². The Kier molecular flexibility index (Phi) is 3.94. The molecule has 0 radical (unpaired) electrons. The first kappa shape index (κ1) is 15.7. The normalized spacial score (nSPS) is 11.7. The summed E-state index contributed by atoms with van der Waals surface area (Å²) in [4.78, 5) is 8.48. The number of thiazole rings is 1. The summed E-state index contributed by atoms with van der Waals surface area (Å²) < 4.78 is 32.5. The van der Waals surface area contributed by atoms with Crippen LogP contribution in [0.1, 0.15) is 5.69 Å². The second-order valence-corrected chi connectivity index (χ2v) is 7.82. The van der Waals surface area contributed by atoms with Crippen LogP contribution in [0.4, 0.5) is 5.13 Å². The second-order valence-electron chi connectivity index (χ2n) is 5.24. The van der Waals surface area contributed by atoms with Gasteiger partial charge in [-0.2, -0.15) is 0 Å². The molecule has 126 valence electrons. The first-order valence-corrected chi connectivity index (χ1v) is 9.85. The quantitative estimate of drug-likeness (QED) is 0.577. The lowest BCUT2D eigenvalue weighted by Crippen LogP contribution is -2.15. The van der Waals surface area contributed by atoms with Crippen molar-refractivity contribution in [2.24, 2.45) is 0 Å². The molecule has 0 aliphatic heterocycles. The molecule has 0 saturated carbocycles. The maximum absolute atomic E-state index is 12.4. The SMILES string of the molecule is O=S(=O)(Cc1noc2ccccc12)Nc1nc(-c2ccccn2)cs1. The van der Waals surface area contributed by atoms with Gasteiger partial charge in [-0.05, 0) is 24.3 Å². The Balaban J connectivity index is 1.55. The Morgan fingerprint density at radius 3 is 2.76 bits per heavy atom. The maximum atomic E-state index is 12.4. The Hall–Kier alpha value is -2.78. The summed E-state index contributed by atoms with van der Waals surface area (Å²) in [6.45, 7) is 0. The fraction of sp³-hybridized carbons (Fsp3) is 0.0625. The lowest BCUT2D eigenvalue weighted by molar-refractivity contribution is 0.448. The van der Waals surface area contributed by atoms with Crippen LogP contribution in [0, 0.1) is 0 Å². The van der Waals surface area contributed by atoms with Gasteiger partial charge in [0.1, 0.15) is 17.1 Å². The smallest absolute Gasteiger partial charge is 0.240 e. The predicted octanol–water partition coefficient (Wildman–Crippen LogP) is 3.29. The van der Waals surface area contributed by atoms with E-state index in [0.717, 1.165) is 0 Å². The summed E-state index contributed by atoms with van der Waals surface area (Å²) in [6.07, 6.45) is 1.66. The fourth-order valence-electron chi connectivity index (χ4n) is 2.34. The van der Waals surface area contributed by atoms with Gasteiger partial charge < -0.3 is 4.52 Å². The van der Waals surface area contributed by atoms with Crippen molar-refractivity contribution in [1.82, 2.24) is 15.1 Å². The standard InChI is InChI=1S/C16H12N4O3S2/c21-25(22,10-14-11-5-1-2-7-15(11)23-19-14)20-16-18-13(9-24-16)12-6-3-4-8-17-12/h1-9H,10H2,(H,18,20). The highest BCUT2D eigenvalue weighted by atomic mass is 32.2. The lowest BCUT2D eigenvalue weighted by Gasteiger charge is -2.03. The molecular weight excluding hydrogens is 360 g/mol. The Bertz CT molecular complexity index is 1120. The molecule has 4 rings (SSSR count). The Morgan fingerprint density at radius 2 is 1.92 bits per heavy atom. The van der Waals surface area contributed by atoms with E-state index in [1.165, 1.54) is 11.3 Å². The third-order valence-electron chi connectivity index (χ3n) is 3.45. The van der Waals surface area contributed by atoms with Gasteiger partial charge in [0.25, 0.3) is 0 Å². The van der Waals surface area contributed by atoms with Crippen LogP contribution in [-0.2, 0) is 15.8 Å². The monoisotopic (exact) mass is 372 g/mol. The Labute approximate surface area is 147 Å². The average molecular weight is 372 g/mol. The van der Waals surface area contributed by atoms with E-state index in [9.17, 15) is 8.42 Å². The van der Waals surface area contributed by atoms with E-state index in [2.05, 4.69) is 19.8 Å². The fourth-order valence-corrected chi connectivity index (χ4v) is 4.42. The van der Waals surface area contributed by atoms with Crippen molar-refractivity contribution in [3.8, 4) is 11.4 Å². The summed E-state index contributed by atoms with van der Waals surface area (Å²) >= 11 is 1.20. The molecule has 3 aromatic heterocycles. The molecule has 9 heteroatoms. The Morgan fingerprint density at radius 1 is 1.08 bits per heavy atom. The number of hydrogen-bond acceptors (Lipinski definition) is 7. The van der Waals surface area contributed by atoms with Crippen LogP contribution < -0.4 is 4.72 Å². The number of pyridine rings is 1. The lowest BCUT2D eigenvalue weighted by atomic mass is 10.2. The summed E-state index contributed by atoms with van der Waals surface area (Å²) in [5.74, 6) is -0.289. The van der Waals surface area contributed by atoms with E-state index in [0.29, 0.717) is 28.1 Å². The third kappa shape index (κ3) is 3.37. The number of nitrogens with one attached hydrogen (secondary N) is 1. The van der Waals surface area contributed by atoms with Crippen LogP contribution >= 0.6 is 11.3 Å². The highest BCUT2D eigenvalue weighted by Crippen LogP contribution is 2.25. The molecule has 25 heavy (non-hydrogen) atoms. The molecule has 3 heterocycles. The van der Waals surface area contributed by atoms with E-state index in [1.54, 1.807) is 29.8 Å². The maximum Gasteiger partial charge on any atom is 0.240 e. The number of anilines is 1. The first-order valence-electron chi connectivity index (χ1n) is 7.31. The topological polar surface area (TPSA) is 98.0 Å². The van der Waals surface area contributed by atoms with Gasteiger partial charge in [-0.25, -0.2) is 13.4 Å². The van der Waals surface area contributed by atoms with Crippen molar-refractivity contribution in [3.05, 3.63) is 59.7 Å². The zero-order valence-corrected chi connectivity index (χ0v) is 14.4. The van der Waals surface area contributed by atoms with E-state index < -0.39 is 10.0 Å². The number of sulfonamides is 1. The van der Waals surface area contributed by atoms with E-state index in [-0.39, 0.29) is 10.9 Å². The molecule has 0 spiro atoms. The van der Waals surface area contributed by atoms with Crippen molar-refractivity contribution in [2.45, 2.75) is 5.75 Å². The van der Waals surface area contributed by atoms with E-state index in [1.807, 2.05) is 24.3 Å². The van der Waals surface area contributed by atoms with Crippen molar-refractivity contribution in [2.75, 3.05) is 4.72 Å². The molecule has 0 atom stereocenters. The number of nitrogens with zero attached hydrogens (tertiary/aromatic N) is 3. The third-order valence-corrected chi connectivity index (χ3v) is 5.50. The van der Waals surface area contributed by atoms with Crippen molar-refractivity contribution in [1.29, 1.82) is 0 Å². The molecule has 0 amide bonds. The van der Waals surface area contributed by atoms with Crippen molar-refractivity contribution >= 4 is 37.5 Å². The molecule has 0 aliphatic carbocycles. The summed E-state index contributed by atoms with van der Waals surface area (Å²) in [5.41, 5.74) is 2.23. The molecule has 0 saturated heterocycles. The van der Waals surface area contributed by atoms with Crippen LogP contribution in [0.5, 0.6) is 0 Å². The summed E-state index contributed by atoms with van der Waals surface area (Å²) in [7, 11) is -3.66. The molecule has 7 nitrogen and oxygen atoms in total. The second kappa shape index (κ2) is 6.26. The first-order chi connectivity index (χ1) is 12.1. The van der Waals surface area contributed by atoms with E-state index in [4.69, 9.17) is 4.52 Å². The van der Waals surface area contributed by atoms with Crippen LogP contribution in [0.25, 0.3) is 22.4 Å². The van der Waals surface area contributed by atoms with Gasteiger partial charge in [0.05, 0.1) is 5.69 Å². The van der Waals surface area contributed by atoms with E-state index >= 15 is 0 Å². The zero-order valence-electron chi connectivity index (χ0n) is 12.8. The number of para-hydroxylation sites is 1. The van der Waals surface area contributed by atoms with Crippen LogP contribution in [0.3, 0.4) is 0 Å². The van der Waals surface area contributed by atoms with Gasteiger partial charge in [-0.3, -0.25) is 9.71 Å². The van der Waals surface area contributed by atoms with Crippen LogP contribution in [0.2, 0.25) is 0 Å². The minimum Gasteiger partial charge on any atom is -0.356 e. The molecule has 0 unspecified atom stereocenters. The summed E-state index contributed by atoms with van der Waals surface area (Å²) in [6, 6.07) is 12.6. The largest absolute Gasteiger partial charge is 0.356 e. The van der Waals surface area contributed by atoms with Crippen molar-refractivity contribution in [3.63, 3.8) is 0 Å². The van der Waals surface area contributed by atoms with Gasteiger partial charge in [-0.1, -0.05) is 23.4 Å². The van der Waals surface area contributed by atoms with Gasteiger partial charge in [-0.15, -0.1) is 11.3 Å². The summed E-state index contributed by atoms with van der Waals surface area (Å²) in [5, 5.41) is 6.58. The predicted molar refractivity (Wildman–Crippen MR) is 95.6 cm³/mol. The molecule has 1 N–H and O–H groups in total. The van der Waals surface area contributed by atoms with Gasteiger partial charge in [0.2, 0.25) is 10.0 Å². The zero-order chi connectivity index (χ0) is 17.3. The highest BCUT2D eigenvalue weighted by molar-refractivity contribution is 7.92.